The van der Waals surface area contributed by atoms with Crippen LogP contribution in [0, 0.1) is 5.82 Å². The van der Waals surface area contributed by atoms with Crippen LogP contribution in [-0.2, 0) is 11.9 Å². The average Bonchev–Trinajstić information content (AvgIpc) is 2.47. The molecule has 0 amide bonds. The highest BCUT2D eigenvalue weighted by atomic mass is 79.9. The Labute approximate surface area is 140 Å². The number of hydrogen-bond donors (Lipinski definition) is 0. The van der Waals surface area contributed by atoms with Crippen molar-refractivity contribution in [1.29, 1.82) is 0 Å². The quantitative estimate of drug-likeness (QED) is 0.614. The Bertz CT molecular complexity index is 630. The zero-order valence-electron chi connectivity index (χ0n) is 11.1. The maximum Gasteiger partial charge on any atom is 0.180 e. The number of ether oxygens (including phenoxy) is 2. The van der Waals surface area contributed by atoms with Gasteiger partial charge < -0.3 is 9.47 Å². The second kappa shape index (κ2) is 7.34. The van der Waals surface area contributed by atoms with E-state index in [0.717, 1.165) is 5.56 Å². The Kier molecular flexibility index (Phi) is 5.73. The molecule has 0 bridgehead atoms. The third kappa shape index (κ3) is 3.82. The first-order valence-corrected chi connectivity index (χ1v) is 7.92. The average molecular weight is 394 g/mol. The zero-order chi connectivity index (χ0) is 15.4. The van der Waals surface area contributed by atoms with E-state index in [4.69, 9.17) is 32.7 Å². The van der Waals surface area contributed by atoms with Crippen LogP contribution in [0.2, 0.25) is 10.0 Å². The third-order valence-corrected chi connectivity index (χ3v) is 4.15. The molecule has 2 nitrogen and oxygen atoms in total. The first kappa shape index (κ1) is 16.4. The molecule has 2 aromatic rings. The highest BCUT2D eigenvalue weighted by Gasteiger charge is 2.14. The lowest BCUT2D eigenvalue weighted by molar-refractivity contribution is 0.280. The van der Waals surface area contributed by atoms with Crippen molar-refractivity contribution in [1.82, 2.24) is 0 Å². The predicted molar refractivity (Wildman–Crippen MR) is 86.4 cm³/mol. The molecule has 0 heterocycles. The number of benzene rings is 2. The summed E-state index contributed by atoms with van der Waals surface area (Å²) in [5, 5.41) is 1.35. The van der Waals surface area contributed by atoms with Gasteiger partial charge in [0.2, 0.25) is 0 Å². The van der Waals surface area contributed by atoms with Gasteiger partial charge in [-0.2, -0.15) is 0 Å². The minimum atomic E-state index is -0.422. The Hall–Kier alpha value is -0.970. The van der Waals surface area contributed by atoms with Gasteiger partial charge in [-0.15, -0.1) is 0 Å². The number of methoxy groups -OCH3 is 1. The molecule has 0 aliphatic heterocycles. The Morgan fingerprint density at radius 2 is 1.95 bits per heavy atom. The summed E-state index contributed by atoms with van der Waals surface area (Å²) in [6.45, 7) is -0.0325. The van der Waals surface area contributed by atoms with E-state index in [1.165, 1.54) is 13.2 Å². The number of hydrogen-bond acceptors (Lipinski definition) is 2. The largest absolute Gasteiger partial charge is 0.493 e. The lowest BCUT2D eigenvalue weighted by atomic mass is 10.2. The monoisotopic (exact) mass is 392 g/mol. The van der Waals surface area contributed by atoms with Gasteiger partial charge in [0.05, 0.1) is 17.2 Å². The molecule has 0 atom stereocenters. The molecule has 112 valence electrons. The third-order valence-electron chi connectivity index (χ3n) is 2.87. The van der Waals surface area contributed by atoms with E-state index in [0.29, 0.717) is 26.9 Å². The molecule has 0 saturated heterocycles. The highest BCUT2D eigenvalue weighted by molar-refractivity contribution is 9.08. The van der Waals surface area contributed by atoms with Crippen LogP contribution in [0.1, 0.15) is 11.1 Å². The van der Waals surface area contributed by atoms with E-state index < -0.39 is 5.82 Å². The van der Waals surface area contributed by atoms with Gasteiger partial charge in [0.25, 0.3) is 0 Å². The molecule has 6 heteroatoms. The van der Waals surface area contributed by atoms with Crippen LogP contribution >= 0.6 is 39.1 Å². The smallest absolute Gasteiger partial charge is 0.180 e. The van der Waals surface area contributed by atoms with Crippen molar-refractivity contribution in [3.8, 4) is 11.5 Å². The van der Waals surface area contributed by atoms with Gasteiger partial charge in [0, 0.05) is 10.9 Å². The van der Waals surface area contributed by atoms with Gasteiger partial charge in [0.1, 0.15) is 12.4 Å². The molecule has 21 heavy (non-hydrogen) atoms. The normalized spacial score (nSPS) is 10.5. The topological polar surface area (TPSA) is 18.5 Å². The van der Waals surface area contributed by atoms with Crippen LogP contribution in [0.25, 0.3) is 0 Å². The van der Waals surface area contributed by atoms with Gasteiger partial charge in [-0.3, -0.25) is 0 Å². The fourth-order valence-corrected chi connectivity index (χ4v) is 2.63. The number of rotatable bonds is 5. The summed E-state index contributed by atoms with van der Waals surface area (Å²) in [7, 11) is 1.52. The van der Waals surface area contributed by atoms with E-state index in [1.807, 2.05) is 0 Å². The molecule has 0 unspecified atom stereocenters. The van der Waals surface area contributed by atoms with Crippen molar-refractivity contribution in [2.45, 2.75) is 11.9 Å². The Balaban J connectivity index is 2.28. The Morgan fingerprint density at radius 3 is 2.57 bits per heavy atom. The molecule has 0 aliphatic carbocycles. The van der Waals surface area contributed by atoms with Gasteiger partial charge in [-0.05, 0) is 29.8 Å². The molecule has 2 aromatic carbocycles. The molecule has 0 spiro atoms. The van der Waals surface area contributed by atoms with Gasteiger partial charge in [-0.1, -0.05) is 45.2 Å². The van der Waals surface area contributed by atoms with Crippen molar-refractivity contribution in [3.63, 3.8) is 0 Å². The predicted octanol–water partition coefficient (Wildman–Crippen LogP) is 5.62. The lowest BCUT2D eigenvalue weighted by Gasteiger charge is -2.14. The number of halogens is 4. The van der Waals surface area contributed by atoms with Gasteiger partial charge in [-0.25, -0.2) is 4.39 Å². The minimum absolute atomic E-state index is 0.0325. The van der Waals surface area contributed by atoms with Crippen LogP contribution in [0.5, 0.6) is 11.5 Å². The molecular weight excluding hydrogens is 382 g/mol. The van der Waals surface area contributed by atoms with E-state index >= 15 is 0 Å². The van der Waals surface area contributed by atoms with Crippen molar-refractivity contribution < 1.29 is 13.9 Å². The molecule has 0 fully saturated rings. The minimum Gasteiger partial charge on any atom is -0.493 e. The molecule has 0 radical (unpaired) electrons. The van der Waals surface area contributed by atoms with Crippen molar-refractivity contribution in [2.75, 3.05) is 7.11 Å². The van der Waals surface area contributed by atoms with Crippen LogP contribution < -0.4 is 9.47 Å². The molecule has 0 aromatic heterocycles. The lowest BCUT2D eigenvalue weighted by Crippen LogP contribution is -2.02. The van der Waals surface area contributed by atoms with E-state index in [-0.39, 0.29) is 12.2 Å². The summed E-state index contributed by atoms with van der Waals surface area (Å²) in [6, 6.07) is 8.04. The van der Waals surface area contributed by atoms with Gasteiger partial charge in [0.15, 0.2) is 11.5 Å². The van der Waals surface area contributed by atoms with E-state index in [1.54, 1.807) is 24.3 Å². The summed E-state index contributed by atoms with van der Waals surface area (Å²) in [4.78, 5) is 0. The molecular formula is C15H12BrCl2FO2. The van der Waals surface area contributed by atoms with Crippen LogP contribution in [0.4, 0.5) is 4.39 Å². The first-order valence-electron chi connectivity index (χ1n) is 6.05. The zero-order valence-corrected chi connectivity index (χ0v) is 14.2. The maximum absolute atomic E-state index is 13.7. The van der Waals surface area contributed by atoms with Crippen molar-refractivity contribution in [3.05, 3.63) is 57.3 Å². The molecule has 0 N–H and O–H groups in total. The van der Waals surface area contributed by atoms with Crippen LogP contribution in [0.3, 0.4) is 0 Å². The van der Waals surface area contributed by atoms with Crippen molar-refractivity contribution in [2.24, 2.45) is 0 Å². The number of alkyl halides is 1. The first-order chi connectivity index (χ1) is 10.1. The summed E-state index contributed by atoms with van der Waals surface area (Å²) < 4.78 is 24.6. The SMILES string of the molecule is COc1cc(CBr)cc(Cl)c1OCc1c(F)cccc1Cl. The van der Waals surface area contributed by atoms with E-state index in [9.17, 15) is 4.39 Å². The molecule has 0 aliphatic rings. The fourth-order valence-electron chi connectivity index (χ4n) is 1.81. The summed E-state index contributed by atoms with van der Waals surface area (Å²) in [5.41, 5.74) is 1.23. The van der Waals surface area contributed by atoms with E-state index in [2.05, 4.69) is 15.9 Å². The van der Waals surface area contributed by atoms with Crippen LogP contribution in [-0.4, -0.2) is 7.11 Å². The van der Waals surface area contributed by atoms with Crippen molar-refractivity contribution >= 4 is 39.1 Å². The highest BCUT2D eigenvalue weighted by Crippen LogP contribution is 2.37. The van der Waals surface area contributed by atoms with Gasteiger partial charge >= 0.3 is 0 Å². The molecule has 0 saturated carbocycles. The summed E-state index contributed by atoms with van der Waals surface area (Å²) in [5.74, 6) is 0.433. The maximum atomic E-state index is 13.7. The fraction of sp³-hybridized carbons (Fsp3) is 0.200. The molecule has 2 rings (SSSR count). The standard InChI is InChI=1S/C15H12BrCl2FO2/c1-20-14-6-9(7-16)5-12(18)15(14)21-8-10-11(17)3-2-4-13(10)19/h2-6H,7-8H2,1H3. The summed E-state index contributed by atoms with van der Waals surface area (Å²) >= 11 is 15.5. The Morgan fingerprint density at radius 1 is 1.19 bits per heavy atom. The second-order valence-electron chi connectivity index (χ2n) is 4.23. The van der Waals surface area contributed by atoms with Crippen LogP contribution in [0.15, 0.2) is 30.3 Å². The second-order valence-corrected chi connectivity index (χ2v) is 5.61. The summed E-state index contributed by atoms with van der Waals surface area (Å²) in [6.07, 6.45) is 0.